The van der Waals surface area contributed by atoms with Crippen molar-refractivity contribution in [3.8, 4) is 5.75 Å². The van der Waals surface area contributed by atoms with E-state index in [-0.39, 0.29) is 18.0 Å². The van der Waals surface area contributed by atoms with Gasteiger partial charge in [0, 0.05) is 12.1 Å². The number of hydrogen-bond acceptors (Lipinski definition) is 7. The normalized spacial score (nSPS) is 11.2. The van der Waals surface area contributed by atoms with E-state index in [1.165, 1.54) is 19.2 Å². The smallest absolute Gasteiger partial charge is 0.356 e. The second-order valence-corrected chi connectivity index (χ2v) is 5.63. The molecule has 0 fully saturated rings. The molecule has 20 heavy (non-hydrogen) atoms. The van der Waals surface area contributed by atoms with Crippen LogP contribution in [0.15, 0.2) is 12.1 Å². The quantitative estimate of drug-likeness (QED) is 0.550. The predicted octanol–water partition coefficient (Wildman–Crippen LogP) is 1.13. The Morgan fingerprint density at radius 3 is 2.60 bits per heavy atom. The van der Waals surface area contributed by atoms with Crippen molar-refractivity contribution in [3.63, 3.8) is 0 Å². The number of ether oxygens (including phenoxy) is 2. The molecule has 0 aliphatic carbocycles. The summed E-state index contributed by atoms with van der Waals surface area (Å²) in [6.07, 6.45) is 1.73. The summed E-state index contributed by atoms with van der Waals surface area (Å²) >= 11 is 0. The van der Waals surface area contributed by atoms with Crippen molar-refractivity contribution < 1.29 is 26.9 Å². The van der Waals surface area contributed by atoms with Crippen LogP contribution in [-0.4, -0.2) is 39.3 Å². The molecule has 0 unspecified atom stereocenters. The number of aromatic nitrogens is 1. The van der Waals surface area contributed by atoms with Crippen LogP contribution in [0, 0.1) is 0 Å². The average molecular weight is 303 g/mol. The summed E-state index contributed by atoms with van der Waals surface area (Å²) in [5.74, 6) is -0.220. The van der Waals surface area contributed by atoms with E-state index in [1.54, 1.807) is 0 Å². The minimum Gasteiger partial charge on any atom is -0.493 e. The van der Waals surface area contributed by atoms with Gasteiger partial charge in [-0.25, -0.2) is 9.78 Å². The molecule has 0 atom stereocenters. The number of pyridine rings is 1. The molecule has 0 saturated heterocycles. The predicted molar refractivity (Wildman–Crippen MR) is 71.0 cm³/mol. The van der Waals surface area contributed by atoms with Gasteiger partial charge in [0.05, 0.1) is 25.7 Å². The topological polar surface area (TPSA) is 91.8 Å². The minimum atomic E-state index is -3.59. The third-order valence-electron chi connectivity index (χ3n) is 2.14. The second-order valence-electron chi connectivity index (χ2n) is 3.99. The minimum absolute atomic E-state index is 0.0354. The van der Waals surface area contributed by atoms with Gasteiger partial charge in [0.2, 0.25) is 0 Å². The number of methoxy groups -OCH3 is 1. The molecular weight excluding hydrogens is 286 g/mol. The highest BCUT2D eigenvalue weighted by Crippen LogP contribution is 2.16. The molecule has 0 N–H and O–H groups in total. The molecule has 0 amide bonds. The number of hydrogen-bond donors (Lipinski definition) is 0. The van der Waals surface area contributed by atoms with Crippen molar-refractivity contribution >= 4 is 16.1 Å². The molecule has 0 bridgehead atoms. The average Bonchev–Trinajstić information content (AvgIpc) is 2.41. The van der Waals surface area contributed by atoms with Crippen LogP contribution >= 0.6 is 0 Å². The molecule has 7 nitrogen and oxygen atoms in total. The zero-order valence-corrected chi connectivity index (χ0v) is 12.4. The number of carbonyl (C=O) groups excluding carboxylic acids is 1. The van der Waals surface area contributed by atoms with E-state index in [0.717, 1.165) is 12.7 Å². The molecule has 1 rings (SSSR count). The van der Waals surface area contributed by atoms with E-state index in [4.69, 9.17) is 4.74 Å². The first-order chi connectivity index (χ1) is 9.35. The maximum absolute atomic E-state index is 11.5. The van der Waals surface area contributed by atoms with E-state index in [0.29, 0.717) is 12.4 Å². The van der Waals surface area contributed by atoms with Crippen molar-refractivity contribution in [2.75, 3.05) is 20.0 Å². The van der Waals surface area contributed by atoms with Gasteiger partial charge < -0.3 is 9.47 Å². The molecule has 0 aliphatic rings. The van der Waals surface area contributed by atoms with Crippen LogP contribution in [0.1, 0.15) is 29.5 Å². The highest BCUT2D eigenvalue weighted by atomic mass is 32.2. The maximum Gasteiger partial charge on any atom is 0.356 e. The molecule has 0 radical (unpaired) electrons. The summed E-state index contributed by atoms with van der Waals surface area (Å²) in [5.41, 5.74) is 0.303. The first-order valence-electron chi connectivity index (χ1n) is 5.92. The monoisotopic (exact) mass is 303 g/mol. The molecule has 8 heteroatoms. The summed E-state index contributed by atoms with van der Waals surface area (Å²) in [6, 6.07) is 2.96. The highest BCUT2D eigenvalue weighted by molar-refractivity contribution is 7.85. The lowest BCUT2D eigenvalue weighted by atomic mass is 10.3. The lowest BCUT2D eigenvalue weighted by Crippen LogP contribution is -2.10. The fourth-order valence-electron chi connectivity index (χ4n) is 1.31. The van der Waals surface area contributed by atoms with Crippen LogP contribution in [0.25, 0.3) is 0 Å². The van der Waals surface area contributed by atoms with E-state index in [9.17, 15) is 13.2 Å². The van der Waals surface area contributed by atoms with Gasteiger partial charge >= 0.3 is 5.97 Å². The van der Waals surface area contributed by atoms with Gasteiger partial charge in [0.25, 0.3) is 10.1 Å². The summed E-state index contributed by atoms with van der Waals surface area (Å²) < 4.78 is 36.6. The third-order valence-corrected chi connectivity index (χ3v) is 2.69. The summed E-state index contributed by atoms with van der Waals surface area (Å²) in [7, 11) is -2.36. The van der Waals surface area contributed by atoms with Gasteiger partial charge in [-0.15, -0.1) is 0 Å². The molecule has 1 heterocycles. The molecular formula is C12H17NO6S. The van der Waals surface area contributed by atoms with Crippen LogP contribution < -0.4 is 4.74 Å². The van der Waals surface area contributed by atoms with Crippen LogP contribution in [-0.2, 0) is 25.6 Å². The first-order valence-corrected chi connectivity index (χ1v) is 7.74. The van der Waals surface area contributed by atoms with Crippen LogP contribution in [0.3, 0.4) is 0 Å². The van der Waals surface area contributed by atoms with Gasteiger partial charge in [-0.1, -0.05) is 6.92 Å². The number of nitrogens with zero attached hydrogens (tertiary/aromatic N) is 1. The van der Waals surface area contributed by atoms with Crippen LogP contribution in [0.2, 0.25) is 0 Å². The fourth-order valence-corrected chi connectivity index (χ4v) is 1.65. The standard InChI is InChI=1S/C12H17NO6S/c1-4-5-18-10-6-9(8-19-20(3,15)16)13-11(7-10)12(14)17-2/h6-7H,4-5,8H2,1-3H3. The van der Waals surface area contributed by atoms with Crippen molar-refractivity contribution in [3.05, 3.63) is 23.5 Å². The van der Waals surface area contributed by atoms with Crippen molar-refractivity contribution in [1.29, 1.82) is 0 Å². The number of rotatable bonds is 7. The molecule has 1 aromatic heterocycles. The van der Waals surface area contributed by atoms with Gasteiger partial charge in [-0.05, 0) is 6.42 Å². The van der Waals surface area contributed by atoms with Crippen LogP contribution in [0.4, 0.5) is 0 Å². The van der Waals surface area contributed by atoms with Crippen molar-refractivity contribution in [2.45, 2.75) is 20.0 Å². The number of esters is 1. The van der Waals surface area contributed by atoms with Crippen LogP contribution in [0.5, 0.6) is 5.75 Å². The summed E-state index contributed by atoms with van der Waals surface area (Å²) in [6.45, 7) is 2.14. The highest BCUT2D eigenvalue weighted by Gasteiger charge is 2.13. The van der Waals surface area contributed by atoms with E-state index in [2.05, 4.69) is 13.9 Å². The Morgan fingerprint density at radius 1 is 1.35 bits per heavy atom. The molecule has 0 aliphatic heterocycles. The molecule has 0 spiro atoms. The summed E-state index contributed by atoms with van der Waals surface area (Å²) in [5, 5.41) is 0. The second kappa shape index (κ2) is 7.20. The first kappa shape index (κ1) is 16.4. The van der Waals surface area contributed by atoms with Gasteiger partial charge in [-0.3, -0.25) is 4.18 Å². The van der Waals surface area contributed by atoms with E-state index < -0.39 is 16.1 Å². The Morgan fingerprint density at radius 2 is 2.05 bits per heavy atom. The Kier molecular flexibility index (Phi) is 5.90. The number of carbonyl (C=O) groups is 1. The van der Waals surface area contributed by atoms with Crippen molar-refractivity contribution in [1.82, 2.24) is 4.98 Å². The molecule has 0 saturated carbocycles. The molecule has 1 aromatic rings. The Hall–Kier alpha value is -1.67. The fraction of sp³-hybridized carbons (Fsp3) is 0.500. The Balaban J connectivity index is 2.99. The van der Waals surface area contributed by atoms with E-state index in [1.807, 2.05) is 6.92 Å². The third kappa shape index (κ3) is 5.54. The summed E-state index contributed by atoms with van der Waals surface area (Å²) in [4.78, 5) is 15.5. The van der Waals surface area contributed by atoms with Gasteiger partial charge in [0.1, 0.15) is 12.4 Å². The zero-order chi connectivity index (χ0) is 15.2. The van der Waals surface area contributed by atoms with Gasteiger partial charge in [-0.2, -0.15) is 8.42 Å². The Labute approximate surface area is 118 Å². The van der Waals surface area contributed by atoms with Crippen molar-refractivity contribution in [2.24, 2.45) is 0 Å². The maximum atomic E-state index is 11.5. The van der Waals surface area contributed by atoms with E-state index >= 15 is 0 Å². The zero-order valence-electron chi connectivity index (χ0n) is 11.6. The lowest BCUT2D eigenvalue weighted by molar-refractivity contribution is 0.0593. The molecule has 0 aromatic carbocycles. The lowest BCUT2D eigenvalue weighted by Gasteiger charge is -2.09. The van der Waals surface area contributed by atoms with Gasteiger partial charge in [0.15, 0.2) is 5.69 Å². The SMILES string of the molecule is CCCOc1cc(COS(C)(=O)=O)nc(C(=O)OC)c1. The Bertz CT molecular complexity index is 569. The molecule has 112 valence electrons. The largest absolute Gasteiger partial charge is 0.493 e.